The maximum absolute atomic E-state index is 11.7. The van der Waals surface area contributed by atoms with Crippen LogP contribution in [0.4, 0.5) is 11.5 Å². The van der Waals surface area contributed by atoms with Gasteiger partial charge in [-0.3, -0.25) is 14.9 Å². The van der Waals surface area contributed by atoms with Gasteiger partial charge in [-0.05, 0) is 17.7 Å². The summed E-state index contributed by atoms with van der Waals surface area (Å²) in [6, 6.07) is 8.81. The molecule has 1 aromatic heterocycles. The largest absolute Gasteiger partial charge is 0.309 e. The van der Waals surface area contributed by atoms with Gasteiger partial charge in [-0.2, -0.15) is 0 Å². The van der Waals surface area contributed by atoms with Gasteiger partial charge in [0.1, 0.15) is 0 Å². The van der Waals surface area contributed by atoms with Crippen molar-refractivity contribution < 1.29 is 9.72 Å². The van der Waals surface area contributed by atoms with E-state index in [2.05, 4.69) is 15.5 Å². The Balaban J connectivity index is 1.97. The van der Waals surface area contributed by atoms with Crippen LogP contribution in [0.1, 0.15) is 5.56 Å². The molecule has 0 aliphatic heterocycles. The number of nitrogens with one attached hydrogen (secondary N) is 1. The van der Waals surface area contributed by atoms with Gasteiger partial charge < -0.3 is 5.32 Å². The Kier molecular flexibility index (Phi) is 4.21. The van der Waals surface area contributed by atoms with Gasteiger partial charge >= 0.3 is 0 Å². The zero-order valence-electron chi connectivity index (χ0n) is 10.1. The first-order valence-electron chi connectivity index (χ1n) is 5.57. The van der Waals surface area contributed by atoms with E-state index in [9.17, 15) is 14.9 Å². The molecule has 1 N–H and O–H groups in total. The lowest BCUT2D eigenvalue weighted by Crippen LogP contribution is -2.15. The van der Waals surface area contributed by atoms with Crippen molar-refractivity contribution in [3.05, 3.63) is 57.2 Å². The second kappa shape index (κ2) is 6.07. The third-order valence-corrected chi connectivity index (χ3v) is 2.61. The number of anilines is 1. The molecule has 7 nitrogen and oxygen atoms in total. The van der Waals surface area contributed by atoms with Gasteiger partial charge in [-0.15, -0.1) is 10.2 Å². The van der Waals surface area contributed by atoms with Crippen molar-refractivity contribution in [2.45, 2.75) is 6.42 Å². The van der Waals surface area contributed by atoms with E-state index in [1.165, 1.54) is 36.4 Å². The summed E-state index contributed by atoms with van der Waals surface area (Å²) in [5, 5.41) is 20.6. The maximum atomic E-state index is 11.7. The lowest BCUT2D eigenvalue weighted by atomic mass is 10.1. The topological polar surface area (TPSA) is 98.0 Å². The number of rotatable bonds is 4. The van der Waals surface area contributed by atoms with Gasteiger partial charge in [0.15, 0.2) is 11.0 Å². The molecule has 0 atom stereocenters. The summed E-state index contributed by atoms with van der Waals surface area (Å²) < 4.78 is 0. The Hall–Kier alpha value is -2.54. The van der Waals surface area contributed by atoms with E-state index in [1.807, 2.05) is 0 Å². The molecule has 1 amide bonds. The highest BCUT2D eigenvalue weighted by molar-refractivity contribution is 6.29. The summed E-state index contributed by atoms with van der Waals surface area (Å²) in [7, 11) is 0. The molecule has 0 aliphatic carbocycles. The number of amides is 1. The molecule has 0 fully saturated rings. The molecule has 0 saturated heterocycles. The van der Waals surface area contributed by atoms with E-state index in [4.69, 9.17) is 11.6 Å². The minimum atomic E-state index is -0.493. The van der Waals surface area contributed by atoms with E-state index >= 15 is 0 Å². The van der Waals surface area contributed by atoms with Crippen LogP contribution in [-0.2, 0) is 11.2 Å². The van der Waals surface area contributed by atoms with Crippen LogP contribution in [0.2, 0.25) is 5.15 Å². The van der Waals surface area contributed by atoms with Crippen LogP contribution in [0.15, 0.2) is 36.4 Å². The van der Waals surface area contributed by atoms with Gasteiger partial charge in [0.05, 0.1) is 11.3 Å². The predicted octanol–water partition coefficient (Wildman–Crippen LogP) is 2.22. The van der Waals surface area contributed by atoms with Gasteiger partial charge in [0.2, 0.25) is 5.91 Å². The van der Waals surface area contributed by atoms with Crippen LogP contribution >= 0.6 is 11.6 Å². The summed E-state index contributed by atoms with van der Waals surface area (Å²) >= 11 is 5.58. The highest BCUT2D eigenvalue weighted by Crippen LogP contribution is 2.13. The average Bonchev–Trinajstić information content (AvgIpc) is 2.42. The first kappa shape index (κ1) is 13.9. The number of hydrogen-bond donors (Lipinski definition) is 1. The summed E-state index contributed by atoms with van der Waals surface area (Å²) in [6.07, 6.45) is 0.0856. The highest BCUT2D eigenvalue weighted by Gasteiger charge is 2.08. The Bertz CT molecular complexity index is 628. The summed E-state index contributed by atoms with van der Waals surface area (Å²) in [5.41, 5.74) is 0.646. The van der Waals surface area contributed by atoms with Crippen molar-refractivity contribution in [2.75, 3.05) is 5.32 Å². The Labute approximate surface area is 118 Å². The molecule has 0 unspecified atom stereocenters. The minimum Gasteiger partial charge on any atom is -0.309 e. The van der Waals surface area contributed by atoms with Crippen molar-refractivity contribution in [3.63, 3.8) is 0 Å². The molecule has 1 aromatic carbocycles. The normalized spacial score (nSPS) is 10.1. The van der Waals surface area contributed by atoms with E-state index in [-0.39, 0.29) is 23.2 Å². The van der Waals surface area contributed by atoms with Crippen LogP contribution in [-0.4, -0.2) is 21.0 Å². The fourth-order valence-electron chi connectivity index (χ4n) is 1.49. The molecule has 1 heterocycles. The van der Waals surface area contributed by atoms with E-state index in [0.29, 0.717) is 11.4 Å². The zero-order valence-corrected chi connectivity index (χ0v) is 10.9. The van der Waals surface area contributed by atoms with E-state index in [0.717, 1.165) is 0 Å². The van der Waals surface area contributed by atoms with Crippen LogP contribution in [0.25, 0.3) is 0 Å². The van der Waals surface area contributed by atoms with Gasteiger partial charge in [0.25, 0.3) is 5.69 Å². The lowest BCUT2D eigenvalue weighted by Gasteiger charge is -2.03. The number of nitro benzene ring substituents is 1. The fourth-order valence-corrected chi connectivity index (χ4v) is 1.59. The van der Waals surface area contributed by atoms with E-state index in [1.54, 1.807) is 0 Å². The summed E-state index contributed by atoms with van der Waals surface area (Å²) in [4.78, 5) is 21.8. The number of carbonyl (C=O) groups is 1. The van der Waals surface area contributed by atoms with Gasteiger partial charge in [0, 0.05) is 12.1 Å². The summed E-state index contributed by atoms with van der Waals surface area (Å²) in [6.45, 7) is 0. The molecular formula is C12H9ClN4O3. The number of benzene rings is 1. The number of carbonyl (C=O) groups excluding carboxylic acids is 1. The molecular weight excluding hydrogens is 284 g/mol. The molecule has 102 valence electrons. The van der Waals surface area contributed by atoms with E-state index < -0.39 is 4.92 Å². The molecule has 0 saturated carbocycles. The van der Waals surface area contributed by atoms with Crippen molar-refractivity contribution in [3.8, 4) is 0 Å². The maximum Gasteiger partial charge on any atom is 0.269 e. The Morgan fingerprint density at radius 3 is 2.45 bits per heavy atom. The molecule has 0 aliphatic rings. The van der Waals surface area contributed by atoms with Crippen LogP contribution in [0.5, 0.6) is 0 Å². The molecule has 0 bridgehead atoms. The molecule has 2 aromatic rings. The molecule has 20 heavy (non-hydrogen) atoms. The fraction of sp³-hybridized carbons (Fsp3) is 0.0833. The molecule has 2 rings (SSSR count). The number of aromatic nitrogens is 2. The quantitative estimate of drug-likeness (QED) is 0.688. The van der Waals surface area contributed by atoms with Gasteiger partial charge in [-0.1, -0.05) is 23.7 Å². The number of nitro groups is 1. The third-order valence-electron chi connectivity index (χ3n) is 2.41. The van der Waals surface area contributed by atoms with Crippen molar-refractivity contribution in [1.82, 2.24) is 10.2 Å². The summed E-state index contributed by atoms with van der Waals surface area (Å²) in [5.74, 6) is -0.00297. The van der Waals surface area contributed by atoms with Crippen molar-refractivity contribution >= 4 is 29.0 Å². The first-order chi connectivity index (χ1) is 9.54. The van der Waals surface area contributed by atoms with Crippen molar-refractivity contribution in [2.24, 2.45) is 0 Å². The predicted molar refractivity (Wildman–Crippen MR) is 72.5 cm³/mol. The van der Waals surface area contributed by atoms with Gasteiger partial charge in [-0.25, -0.2) is 0 Å². The lowest BCUT2D eigenvalue weighted by molar-refractivity contribution is -0.384. The first-order valence-corrected chi connectivity index (χ1v) is 5.95. The number of non-ortho nitro benzene ring substituents is 1. The SMILES string of the molecule is O=C(Cc1ccc([N+](=O)[O-])cc1)Nc1ccc(Cl)nn1. The smallest absolute Gasteiger partial charge is 0.269 e. The second-order valence-corrected chi connectivity index (χ2v) is 4.28. The Morgan fingerprint density at radius 1 is 1.20 bits per heavy atom. The molecule has 0 radical (unpaired) electrons. The number of nitrogens with zero attached hydrogens (tertiary/aromatic N) is 3. The van der Waals surface area contributed by atoms with Crippen LogP contribution < -0.4 is 5.32 Å². The van der Waals surface area contributed by atoms with Crippen LogP contribution in [0.3, 0.4) is 0 Å². The second-order valence-electron chi connectivity index (χ2n) is 3.89. The molecule has 8 heteroatoms. The molecule has 0 spiro atoms. The zero-order chi connectivity index (χ0) is 14.5. The standard InChI is InChI=1S/C12H9ClN4O3/c13-10-5-6-11(16-15-10)14-12(18)7-8-1-3-9(4-2-8)17(19)20/h1-6H,7H2,(H,14,16,18). The Morgan fingerprint density at radius 2 is 1.90 bits per heavy atom. The minimum absolute atomic E-state index is 0.0160. The number of halogens is 1. The number of hydrogen-bond acceptors (Lipinski definition) is 5. The highest BCUT2D eigenvalue weighted by atomic mass is 35.5. The third kappa shape index (κ3) is 3.72. The van der Waals surface area contributed by atoms with Crippen molar-refractivity contribution in [1.29, 1.82) is 0 Å². The monoisotopic (exact) mass is 292 g/mol. The average molecular weight is 293 g/mol. The van der Waals surface area contributed by atoms with Crippen LogP contribution in [0, 0.1) is 10.1 Å².